The second kappa shape index (κ2) is 10.7. The lowest BCUT2D eigenvalue weighted by molar-refractivity contribution is -0.153. The molecule has 1 heterocycles. The third kappa shape index (κ3) is 7.40. The second-order valence-corrected chi connectivity index (χ2v) is 7.99. The van der Waals surface area contributed by atoms with E-state index in [1.54, 1.807) is 29.2 Å². The van der Waals surface area contributed by atoms with Crippen LogP contribution in [-0.4, -0.2) is 54.8 Å². The largest absolute Gasteiger partial charge is 0.484 e. The Morgan fingerprint density at radius 2 is 1.78 bits per heavy atom. The van der Waals surface area contributed by atoms with Crippen molar-refractivity contribution in [3.05, 3.63) is 65.5 Å². The summed E-state index contributed by atoms with van der Waals surface area (Å²) in [7, 11) is 2.04. The first kappa shape index (κ1) is 23.8. The van der Waals surface area contributed by atoms with Crippen LogP contribution < -0.4 is 10.1 Å². The van der Waals surface area contributed by atoms with Crippen LogP contribution in [0.2, 0.25) is 0 Å². The summed E-state index contributed by atoms with van der Waals surface area (Å²) in [6.45, 7) is 0.750. The van der Waals surface area contributed by atoms with Crippen LogP contribution in [0.25, 0.3) is 0 Å². The van der Waals surface area contributed by atoms with E-state index in [1.807, 2.05) is 7.05 Å². The van der Waals surface area contributed by atoms with Gasteiger partial charge in [-0.1, -0.05) is 24.3 Å². The van der Waals surface area contributed by atoms with Gasteiger partial charge in [0.05, 0.1) is 0 Å². The summed E-state index contributed by atoms with van der Waals surface area (Å²) in [5.41, 5.74) is 1.56. The molecule has 0 saturated carbocycles. The van der Waals surface area contributed by atoms with Crippen LogP contribution in [0.1, 0.15) is 24.0 Å². The fraction of sp³-hybridized carbons (Fsp3) is 0.435. The number of likely N-dealkylation sites (tertiary alicyclic amines) is 1. The fourth-order valence-corrected chi connectivity index (χ4v) is 3.65. The van der Waals surface area contributed by atoms with Gasteiger partial charge in [0, 0.05) is 25.7 Å². The van der Waals surface area contributed by atoms with Crippen LogP contribution in [0.3, 0.4) is 0 Å². The highest BCUT2D eigenvalue weighted by atomic mass is 19.4. The molecule has 2 aromatic rings. The van der Waals surface area contributed by atoms with Crippen LogP contribution in [-0.2, 0) is 13.1 Å². The molecule has 0 aliphatic carbocycles. The van der Waals surface area contributed by atoms with Crippen molar-refractivity contribution in [3.8, 4) is 5.75 Å². The van der Waals surface area contributed by atoms with Gasteiger partial charge in [0.1, 0.15) is 11.6 Å². The molecule has 0 aromatic heterocycles. The van der Waals surface area contributed by atoms with Crippen LogP contribution in [0.4, 0.5) is 22.4 Å². The van der Waals surface area contributed by atoms with Crippen LogP contribution in [0, 0.1) is 5.82 Å². The van der Waals surface area contributed by atoms with Crippen molar-refractivity contribution in [1.29, 1.82) is 0 Å². The Morgan fingerprint density at radius 1 is 1.12 bits per heavy atom. The van der Waals surface area contributed by atoms with Gasteiger partial charge in [0.25, 0.3) is 0 Å². The lowest BCUT2D eigenvalue weighted by Crippen LogP contribution is -2.45. The van der Waals surface area contributed by atoms with Gasteiger partial charge in [-0.25, -0.2) is 9.18 Å². The lowest BCUT2D eigenvalue weighted by Gasteiger charge is -2.29. The zero-order valence-electron chi connectivity index (χ0n) is 17.9. The Labute approximate surface area is 185 Å². The number of halogens is 4. The van der Waals surface area contributed by atoms with Gasteiger partial charge in [0.15, 0.2) is 6.61 Å². The molecule has 0 bridgehead atoms. The quantitative estimate of drug-likeness (QED) is 0.596. The van der Waals surface area contributed by atoms with Gasteiger partial charge in [-0.05, 0) is 61.8 Å². The summed E-state index contributed by atoms with van der Waals surface area (Å²) in [4.78, 5) is 16.9. The zero-order valence-corrected chi connectivity index (χ0v) is 17.9. The van der Waals surface area contributed by atoms with Crippen molar-refractivity contribution in [1.82, 2.24) is 15.1 Å². The Bertz CT molecular complexity index is 872. The second-order valence-electron chi connectivity index (χ2n) is 7.99. The number of hydrogen-bond donors (Lipinski definition) is 1. The van der Waals surface area contributed by atoms with Gasteiger partial charge in [-0.2, -0.15) is 13.2 Å². The molecular formula is C23H27F4N3O2. The maximum atomic E-state index is 13.2. The molecule has 1 aliphatic rings. The number of hydrogen-bond acceptors (Lipinski definition) is 3. The summed E-state index contributed by atoms with van der Waals surface area (Å²) in [6, 6.07) is 12.2. The molecule has 174 valence electrons. The van der Waals surface area contributed by atoms with Crippen LogP contribution in [0.5, 0.6) is 5.75 Å². The molecule has 2 amide bonds. The average molecular weight is 453 g/mol. The number of alkyl halides is 3. The molecule has 1 N–H and O–H groups in total. The van der Waals surface area contributed by atoms with Crippen molar-refractivity contribution >= 4 is 6.03 Å². The van der Waals surface area contributed by atoms with Gasteiger partial charge in [0.2, 0.25) is 0 Å². The Hall–Kier alpha value is -2.81. The van der Waals surface area contributed by atoms with E-state index in [1.165, 1.54) is 24.3 Å². The standard InChI is InChI=1S/C23H27F4N3O2/c1-29-12-2-3-20(29)15-30(14-18-4-8-19(24)9-5-18)22(31)28-13-17-6-10-21(11-7-17)32-16-23(25,26)27/h4-11,20H,2-3,12-16H2,1H3,(H,28,31). The number of ether oxygens (including phenoxy) is 1. The van der Waals surface area contributed by atoms with E-state index in [0.717, 1.165) is 30.5 Å². The molecule has 0 radical (unpaired) electrons. The maximum Gasteiger partial charge on any atom is 0.422 e. The number of nitrogens with zero attached hydrogens (tertiary/aromatic N) is 2. The molecule has 1 saturated heterocycles. The lowest BCUT2D eigenvalue weighted by atomic mass is 10.1. The van der Waals surface area contributed by atoms with E-state index in [2.05, 4.69) is 10.2 Å². The molecular weight excluding hydrogens is 426 g/mol. The van der Waals surface area contributed by atoms with E-state index in [0.29, 0.717) is 13.1 Å². The number of likely N-dealkylation sites (N-methyl/N-ethyl adjacent to an activating group) is 1. The monoisotopic (exact) mass is 453 g/mol. The van der Waals surface area contributed by atoms with Crippen molar-refractivity contribution in [3.63, 3.8) is 0 Å². The van der Waals surface area contributed by atoms with Gasteiger partial charge >= 0.3 is 12.2 Å². The van der Waals surface area contributed by atoms with Crippen molar-refractivity contribution in [2.75, 3.05) is 26.7 Å². The van der Waals surface area contributed by atoms with E-state index < -0.39 is 12.8 Å². The summed E-state index contributed by atoms with van der Waals surface area (Å²) in [5.74, 6) is -0.220. The van der Waals surface area contributed by atoms with E-state index in [-0.39, 0.29) is 30.2 Å². The number of rotatable bonds is 8. The Kier molecular flexibility index (Phi) is 7.95. The van der Waals surface area contributed by atoms with Gasteiger partial charge in [-0.15, -0.1) is 0 Å². The molecule has 5 nitrogen and oxygen atoms in total. The van der Waals surface area contributed by atoms with Gasteiger partial charge in [-0.3, -0.25) is 0 Å². The number of carbonyl (C=O) groups is 1. The molecule has 2 aromatic carbocycles. The van der Waals surface area contributed by atoms with Crippen molar-refractivity contribution in [2.45, 2.75) is 38.1 Å². The minimum absolute atomic E-state index is 0.111. The van der Waals surface area contributed by atoms with Crippen LogP contribution >= 0.6 is 0 Å². The summed E-state index contributed by atoms with van der Waals surface area (Å²) in [5, 5.41) is 2.87. The van der Waals surface area contributed by atoms with E-state index >= 15 is 0 Å². The number of nitrogens with one attached hydrogen (secondary N) is 1. The molecule has 32 heavy (non-hydrogen) atoms. The molecule has 1 fully saturated rings. The molecule has 3 rings (SSSR count). The summed E-state index contributed by atoms with van der Waals surface area (Å²) in [6.07, 6.45) is -2.31. The minimum atomic E-state index is -4.39. The third-order valence-corrected chi connectivity index (χ3v) is 5.45. The summed E-state index contributed by atoms with van der Waals surface area (Å²) < 4.78 is 54.7. The fourth-order valence-electron chi connectivity index (χ4n) is 3.65. The minimum Gasteiger partial charge on any atom is -0.484 e. The Balaban J connectivity index is 1.59. The number of benzene rings is 2. The van der Waals surface area contributed by atoms with Crippen LogP contribution in [0.15, 0.2) is 48.5 Å². The highest BCUT2D eigenvalue weighted by Crippen LogP contribution is 2.20. The maximum absolute atomic E-state index is 13.2. The average Bonchev–Trinajstić information content (AvgIpc) is 3.16. The molecule has 1 aliphatic heterocycles. The first-order valence-corrected chi connectivity index (χ1v) is 10.5. The van der Waals surface area contributed by atoms with E-state index in [9.17, 15) is 22.4 Å². The van der Waals surface area contributed by atoms with E-state index in [4.69, 9.17) is 4.74 Å². The highest BCUT2D eigenvalue weighted by Gasteiger charge is 2.28. The summed E-state index contributed by atoms with van der Waals surface area (Å²) >= 11 is 0. The van der Waals surface area contributed by atoms with Crippen molar-refractivity contribution in [2.24, 2.45) is 0 Å². The smallest absolute Gasteiger partial charge is 0.422 e. The Morgan fingerprint density at radius 3 is 2.38 bits per heavy atom. The number of amides is 2. The normalized spacial score (nSPS) is 16.7. The van der Waals surface area contributed by atoms with Gasteiger partial charge < -0.3 is 19.9 Å². The highest BCUT2D eigenvalue weighted by molar-refractivity contribution is 5.74. The predicted molar refractivity (Wildman–Crippen MR) is 113 cm³/mol. The molecule has 1 unspecified atom stereocenters. The molecule has 9 heteroatoms. The number of carbonyl (C=O) groups excluding carboxylic acids is 1. The SMILES string of the molecule is CN1CCCC1CN(Cc1ccc(F)cc1)C(=O)NCc1ccc(OCC(F)(F)F)cc1. The topological polar surface area (TPSA) is 44.8 Å². The third-order valence-electron chi connectivity index (χ3n) is 5.45. The molecule has 1 atom stereocenters. The molecule has 0 spiro atoms. The van der Waals surface area contributed by atoms with Crippen molar-refractivity contribution < 1.29 is 27.1 Å². The first-order chi connectivity index (χ1) is 15.2. The number of urea groups is 1. The first-order valence-electron chi connectivity index (χ1n) is 10.5. The zero-order chi connectivity index (χ0) is 23.1. The predicted octanol–water partition coefficient (Wildman–Crippen LogP) is 4.57.